The van der Waals surface area contributed by atoms with Crippen molar-refractivity contribution in [2.24, 2.45) is 5.41 Å². The monoisotopic (exact) mass is 570 g/mol. The van der Waals surface area contributed by atoms with E-state index in [0.717, 1.165) is 36.8 Å². The van der Waals surface area contributed by atoms with Crippen LogP contribution in [0.1, 0.15) is 36.3 Å². The van der Waals surface area contributed by atoms with Crippen molar-refractivity contribution in [1.82, 2.24) is 10.2 Å². The molecule has 3 aromatic carbocycles. The Morgan fingerprint density at radius 3 is 2.34 bits per heavy atom. The normalized spacial score (nSPS) is 20.4. The molecule has 0 aromatic heterocycles. The van der Waals surface area contributed by atoms with E-state index in [4.69, 9.17) is 9.47 Å². The Balaban J connectivity index is 1.46. The van der Waals surface area contributed by atoms with Crippen LogP contribution in [-0.4, -0.2) is 57.4 Å². The summed E-state index contributed by atoms with van der Waals surface area (Å²) in [7, 11) is 2.51. The molecule has 2 aliphatic rings. The lowest BCUT2D eigenvalue weighted by atomic mass is 9.62. The number of hydrogen-bond acceptors (Lipinski definition) is 4. The maximum Gasteiger partial charge on any atom is 0.430 e. The van der Waals surface area contributed by atoms with E-state index >= 15 is 0 Å². The number of ether oxygens (including phenoxy) is 2. The summed E-state index contributed by atoms with van der Waals surface area (Å²) in [5.41, 5.74) is -1.04. The van der Waals surface area contributed by atoms with Gasteiger partial charge in [-0.25, -0.2) is 4.39 Å². The zero-order valence-corrected chi connectivity index (χ0v) is 23.1. The van der Waals surface area contributed by atoms with Gasteiger partial charge in [-0.05, 0) is 72.2 Å². The molecule has 1 spiro atoms. The van der Waals surface area contributed by atoms with Crippen LogP contribution >= 0.6 is 0 Å². The first kappa shape index (κ1) is 29.1. The molecular weight excluding hydrogens is 536 g/mol. The molecule has 2 fully saturated rings. The number of piperidine rings is 2. The topological polar surface area (TPSA) is 50.8 Å². The van der Waals surface area contributed by atoms with Gasteiger partial charge in [0.1, 0.15) is 11.6 Å². The van der Waals surface area contributed by atoms with Crippen molar-refractivity contribution in [1.29, 1.82) is 0 Å². The third kappa shape index (κ3) is 5.21. The highest BCUT2D eigenvalue weighted by atomic mass is 19.4. The van der Waals surface area contributed by atoms with Crippen LogP contribution in [0.5, 0.6) is 5.75 Å². The highest BCUT2D eigenvalue weighted by Gasteiger charge is 2.64. The number of nitrogens with zero attached hydrogens (tertiary/aromatic N) is 1. The summed E-state index contributed by atoms with van der Waals surface area (Å²) in [4.78, 5) is 15.0. The Bertz CT molecular complexity index is 1370. The summed E-state index contributed by atoms with van der Waals surface area (Å²) >= 11 is 0. The molecule has 5 nitrogen and oxygen atoms in total. The smallest absolute Gasteiger partial charge is 0.430 e. The molecule has 0 radical (unpaired) electrons. The fourth-order valence-electron chi connectivity index (χ4n) is 6.67. The lowest BCUT2D eigenvalue weighted by Gasteiger charge is -2.51. The van der Waals surface area contributed by atoms with Crippen molar-refractivity contribution in [2.45, 2.75) is 37.0 Å². The highest BCUT2D eigenvalue weighted by molar-refractivity contribution is 5.88. The molecule has 2 atom stereocenters. The molecule has 2 heterocycles. The van der Waals surface area contributed by atoms with Gasteiger partial charge in [-0.3, -0.25) is 4.79 Å². The number of nitrogens with one attached hydrogen (secondary N) is 1. The molecule has 2 aliphatic heterocycles. The molecule has 3 aromatic rings. The first-order chi connectivity index (χ1) is 19.6. The Kier molecular flexibility index (Phi) is 8.12. The Morgan fingerprint density at radius 2 is 1.68 bits per heavy atom. The van der Waals surface area contributed by atoms with E-state index in [9.17, 15) is 22.4 Å². The quantitative estimate of drug-likeness (QED) is 0.354. The Hall–Kier alpha value is -3.43. The number of alkyl halides is 3. The van der Waals surface area contributed by atoms with Crippen LogP contribution in [0.3, 0.4) is 0 Å². The van der Waals surface area contributed by atoms with Crippen molar-refractivity contribution in [3.63, 3.8) is 0 Å². The van der Waals surface area contributed by atoms with Gasteiger partial charge in [-0.1, -0.05) is 48.5 Å². The predicted molar refractivity (Wildman–Crippen MR) is 148 cm³/mol. The zero-order chi connectivity index (χ0) is 29.3. The maximum atomic E-state index is 14.6. The minimum absolute atomic E-state index is 0.0285. The minimum atomic E-state index is -4.95. The molecule has 0 bridgehead atoms. The van der Waals surface area contributed by atoms with E-state index in [-0.39, 0.29) is 35.8 Å². The molecule has 218 valence electrons. The van der Waals surface area contributed by atoms with Gasteiger partial charge in [0.15, 0.2) is 0 Å². The number of rotatable bonds is 6. The number of methoxy groups -OCH3 is 2. The fraction of sp³-hybridized carbons (Fsp3) is 0.406. The van der Waals surface area contributed by atoms with Crippen LogP contribution in [0.25, 0.3) is 11.1 Å². The van der Waals surface area contributed by atoms with E-state index in [1.807, 2.05) is 30.3 Å². The van der Waals surface area contributed by atoms with Crippen LogP contribution in [0.4, 0.5) is 17.6 Å². The van der Waals surface area contributed by atoms with Crippen LogP contribution in [0.15, 0.2) is 72.8 Å². The lowest BCUT2D eigenvalue weighted by molar-refractivity contribution is -0.271. The van der Waals surface area contributed by atoms with Crippen molar-refractivity contribution in [2.75, 3.05) is 40.4 Å². The Labute approximate surface area is 237 Å². The van der Waals surface area contributed by atoms with E-state index in [1.165, 1.54) is 41.3 Å². The van der Waals surface area contributed by atoms with Crippen molar-refractivity contribution in [3.8, 4) is 16.9 Å². The van der Waals surface area contributed by atoms with Crippen molar-refractivity contribution in [3.05, 3.63) is 89.7 Å². The van der Waals surface area contributed by atoms with Gasteiger partial charge in [0.05, 0.1) is 7.11 Å². The fourth-order valence-corrected chi connectivity index (χ4v) is 6.67. The van der Waals surface area contributed by atoms with E-state index in [1.54, 1.807) is 13.2 Å². The van der Waals surface area contributed by atoms with Gasteiger partial charge >= 0.3 is 6.18 Å². The van der Waals surface area contributed by atoms with Crippen molar-refractivity contribution < 1.29 is 31.8 Å². The molecule has 1 N–H and O–H groups in total. The molecule has 0 unspecified atom stereocenters. The predicted octanol–water partition coefficient (Wildman–Crippen LogP) is 6.29. The number of likely N-dealkylation sites (tertiary alicyclic amines) is 1. The summed E-state index contributed by atoms with van der Waals surface area (Å²) in [6.45, 7) is 1.73. The van der Waals surface area contributed by atoms with Crippen LogP contribution in [0.2, 0.25) is 0 Å². The second-order valence-corrected chi connectivity index (χ2v) is 10.9. The maximum absolute atomic E-state index is 14.6. The second-order valence-electron chi connectivity index (χ2n) is 10.9. The molecule has 1 amide bonds. The van der Waals surface area contributed by atoms with Crippen LogP contribution < -0.4 is 10.1 Å². The van der Waals surface area contributed by atoms with Gasteiger partial charge < -0.3 is 19.7 Å². The lowest BCUT2D eigenvalue weighted by Crippen LogP contribution is -2.59. The SMILES string of the molecule is COc1cccc(-c2cc(F)ccc2[C@@H]2CNCCC23CCN(C(=O)[C@](OC)(c2ccccc2)C(F)(F)F)CC3)c1. The molecule has 41 heavy (non-hydrogen) atoms. The molecule has 0 aliphatic carbocycles. The van der Waals surface area contributed by atoms with Crippen LogP contribution in [0, 0.1) is 11.2 Å². The standard InChI is InChI=1S/C32H34F4N2O3/c1-40-25-10-6-7-22(19-25)27-20-24(33)11-12-26(27)28-21-37-16-13-30(28)14-17-38(18-15-30)29(39)31(41-2,32(34,35)36)23-8-4-3-5-9-23/h3-12,19-20,28,37H,13-18,21H2,1-2H3/t28-,31+/m0/s1. The van der Waals surface area contributed by atoms with Crippen molar-refractivity contribution >= 4 is 5.91 Å². The van der Waals surface area contributed by atoms with E-state index < -0.39 is 17.7 Å². The number of carbonyl (C=O) groups excluding carboxylic acids is 1. The number of hydrogen-bond donors (Lipinski definition) is 1. The van der Waals surface area contributed by atoms with E-state index in [2.05, 4.69) is 5.32 Å². The number of halogens is 4. The second kappa shape index (κ2) is 11.4. The van der Waals surface area contributed by atoms with Gasteiger partial charge in [0, 0.05) is 38.2 Å². The zero-order valence-electron chi connectivity index (χ0n) is 23.1. The summed E-state index contributed by atoms with van der Waals surface area (Å²) in [5, 5.41) is 3.46. The molecule has 0 saturated carbocycles. The number of benzene rings is 3. The van der Waals surface area contributed by atoms with Gasteiger partial charge in [0.25, 0.3) is 11.5 Å². The number of carbonyl (C=O) groups is 1. The molecular formula is C32H34F4N2O3. The third-order valence-corrected chi connectivity index (χ3v) is 8.89. The third-order valence-electron chi connectivity index (χ3n) is 8.89. The summed E-state index contributed by atoms with van der Waals surface area (Å²) in [6.07, 6.45) is -3.12. The average molecular weight is 571 g/mol. The van der Waals surface area contributed by atoms with Gasteiger partial charge in [-0.2, -0.15) is 13.2 Å². The molecule has 9 heteroatoms. The first-order valence-electron chi connectivity index (χ1n) is 13.8. The molecule has 2 saturated heterocycles. The Morgan fingerprint density at radius 1 is 0.951 bits per heavy atom. The number of amides is 1. The van der Waals surface area contributed by atoms with Crippen LogP contribution in [-0.2, 0) is 15.1 Å². The minimum Gasteiger partial charge on any atom is -0.497 e. The summed E-state index contributed by atoms with van der Waals surface area (Å²) in [5.74, 6) is -0.823. The summed E-state index contributed by atoms with van der Waals surface area (Å²) < 4.78 is 68.7. The van der Waals surface area contributed by atoms with Gasteiger partial charge in [-0.15, -0.1) is 0 Å². The first-order valence-corrected chi connectivity index (χ1v) is 13.8. The largest absolute Gasteiger partial charge is 0.497 e. The molecule has 5 rings (SSSR count). The van der Waals surface area contributed by atoms with E-state index in [0.29, 0.717) is 25.1 Å². The van der Waals surface area contributed by atoms with Gasteiger partial charge in [0.2, 0.25) is 0 Å². The summed E-state index contributed by atoms with van der Waals surface area (Å²) in [6, 6.07) is 19.4. The average Bonchev–Trinajstić information content (AvgIpc) is 2.98. The highest BCUT2D eigenvalue weighted by Crippen LogP contribution is 2.52.